The van der Waals surface area contributed by atoms with E-state index in [4.69, 9.17) is 35.4 Å². The first-order valence-electron chi connectivity index (χ1n) is 10.0. The van der Waals surface area contributed by atoms with Crippen molar-refractivity contribution >= 4 is 62.0 Å². The highest BCUT2D eigenvalue weighted by atomic mass is 35.5. The minimum atomic E-state index is -3.45. The van der Waals surface area contributed by atoms with Crippen molar-refractivity contribution in [2.45, 2.75) is 25.2 Å². The monoisotopic (exact) mass is 520 g/mol. The van der Waals surface area contributed by atoms with Gasteiger partial charge >= 0.3 is 0 Å². The number of hydrogen-bond acceptors (Lipinski definition) is 4. The molecule has 0 fully saturated rings. The lowest BCUT2D eigenvalue weighted by atomic mass is 10.1. The highest BCUT2D eigenvalue weighted by molar-refractivity contribution is 7.91. The molecule has 3 aromatic carbocycles. The van der Waals surface area contributed by atoms with Crippen LogP contribution in [0.5, 0.6) is 0 Å². The van der Waals surface area contributed by atoms with Gasteiger partial charge < -0.3 is 5.32 Å². The average molecular weight is 521 g/mol. The van der Waals surface area contributed by atoms with Crippen LogP contribution in [0.2, 0.25) is 10.0 Å². The number of anilines is 1. The summed E-state index contributed by atoms with van der Waals surface area (Å²) >= 11 is 17.1. The molecule has 3 aromatic rings. The summed E-state index contributed by atoms with van der Waals surface area (Å²) in [6.45, 7) is 4.03. The fourth-order valence-electron chi connectivity index (χ4n) is 3.08. The first-order valence-corrected chi connectivity index (χ1v) is 12.8. The molecule has 0 aliphatic heterocycles. The number of aryl methyl sites for hydroxylation is 3. The largest absolute Gasteiger partial charge is 0.332 e. The van der Waals surface area contributed by atoms with Crippen LogP contribution in [0.25, 0.3) is 0 Å². The van der Waals surface area contributed by atoms with E-state index in [0.29, 0.717) is 17.1 Å². The van der Waals surface area contributed by atoms with Gasteiger partial charge in [-0.25, -0.2) is 8.42 Å². The number of thiocarbonyl (C=S) groups is 1. The van der Waals surface area contributed by atoms with Crippen molar-refractivity contribution in [3.8, 4) is 0 Å². The molecular weight excluding hydrogens is 499 g/mol. The zero-order valence-corrected chi connectivity index (χ0v) is 21.1. The Labute approximate surface area is 209 Å². The van der Waals surface area contributed by atoms with Crippen molar-refractivity contribution in [3.63, 3.8) is 0 Å². The molecule has 0 spiro atoms. The zero-order valence-electron chi connectivity index (χ0n) is 18.0. The predicted octanol–water partition coefficient (Wildman–Crippen LogP) is 5.75. The van der Waals surface area contributed by atoms with E-state index in [2.05, 4.69) is 10.6 Å². The van der Waals surface area contributed by atoms with Gasteiger partial charge in [-0.1, -0.05) is 41.4 Å². The minimum absolute atomic E-state index is 0.0125. The first kappa shape index (κ1) is 25.2. The number of carbonyl (C=O) groups is 1. The van der Waals surface area contributed by atoms with Crippen molar-refractivity contribution in [2.75, 3.05) is 11.1 Å². The zero-order chi connectivity index (χ0) is 24.2. The maximum Gasteiger partial charge on any atom is 0.258 e. The predicted molar refractivity (Wildman–Crippen MR) is 138 cm³/mol. The van der Waals surface area contributed by atoms with Crippen LogP contribution in [-0.4, -0.2) is 25.2 Å². The molecule has 172 valence electrons. The van der Waals surface area contributed by atoms with Crippen LogP contribution in [0, 0.1) is 13.8 Å². The van der Waals surface area contributed by atoms with E-state index in [1.807, 2.05) is 32.0 Å². The second-order valence-electron chi connectivity index (χ2n) is 7.54. The Kier molecular flexibility index (Phi) is 8.13. The Hall–Kier alpha value is -2.45. The van der Waals surface area contributed by atoms with Crippen molar-refractivity contribution in [1.29, 1.82) is 0 Å². The summed E-state index contributed by atoms with van der Waals surface area (Å²) < 4.78 is 25.4. The molecule has 0 radical (unpaired) electrons. The van der Waals surface area contributed by atoms with Crippen LogP contribution in [-0.2, 0) is 16.3 Å². The Bertz CT molecular complexity index is 1310. The normalized spacial score (nSPS) is 11.2. The van der Waals surface area contributed by atoms with Crippen LogP contribution < -0.4 is 10.6 Å². The third kappa shape index (κ3) is 6.77. The third-order valence-corrected chi connectivity index (χ3v) is 7.59. The molecule has 0 unspecified atom stereocenters. The summed E-state index contributed by atoms with van der Waals surface area (Å²) in [5, 5.41) is 6.07. The molecule has 0 aliphatic rings. The number of rotatable bonds is 6. The van der Waals surface area contributed by atoms with E-state index in [-0.39, 0.29) is 26.3 Å². The van der Waals surface area contributed by atoms with E-state index >= 15 is 0 Å². The first-order chi connectivity index (χ1) is 15.5. The van der Waals surface area contributed by atoms with Crippen LogP contribution in [0.3, 0.4) is 0 Å². The van der Waals surface area contributed by atoms with E-state index < -0.39 is 15.7 Å². The number of amides is 1. The Balaban J connectivity index is 1.60. The summed E-state index contributed by atoms with van der Waals surface area (Å²) in [4.78, 5) is 12.6. The molecule has 5 nitrogen and oxygen atoms in total. The van der Waals surface area contributed by atoms with Crippen molar-refractivity contribution in [3.05, 3.63) is 93.0 Å². The minimum Gasteiger partial charge on any atom is -0.332 e. The molecule has 3 rings (SSSR count). The molecule has 33 heavy (non-hydrogen) atoms. The molecule has 1 amide bonds. The van der Waals surface area contributed by atoms with Crippen molar-refractivity contribution in [2.24, 2.45) is 0 Å². The fourth-order valence-corrected chi connectivity index (χ4v) is 5.08. The lowest BCUT2D eigenvalue weighted by molar-refractivity contribution is 0.0978. The van der Waals surface area contributed by atoms with Gasteiger partial charge in [-0.15, -0.1) is 0 Å². The molecule has 0 aliphatic carbocycles. The fraction of sp³-hybridized carbons (Fsp3) is 0.167. The molecule has 0 saturated carbocycles. The van der Waals surface area contributed by atoms with Gasteiger partial charge in [0.05, 0.1) is 21.2 Å². The molecule has 0 atom stereocenters. The Morgan fingerprint density at radius 2 is 1.64 bits per heavy atom. The summed E-state index contributed by atoms with van der Waals surface area (Å²) in [6, 6.07) is 16.7. The third-order valence-electron chi connectivity index (χ3n) is 5.10. The van der Waals surface area contributed by atoms with Crippen LogP contribution in [0.1, 0.15) is 27.0 Å². The standard InChI is InChI=1S/C24H22Cl2N2O3S2/c1-15-3-4-17(13-16(15)2)11-12-33(30,31)20-8-6-19(7-9-20)27-24(32)28-23(29)21-10-5-18(25)14-22(21)26/h3-10,13-14H,11-12H2,1-2H3,(H2,27,28,29,32). The lowest BCUT2D eigenvalue weighted by Gasteiger charge is -2.11. The van der Waals surface area contributed by atoms with Gasteiger partial charge in [0.25, 0.3) is 5.91 Å². The van der Waals surface area contributed by atoms with Crippen LogP contribution in [0.4, 0.5) is 5.69 Å². The Morgan fingerprint density at radius 3 is 2.27 bits per heavy atom. The number of hydrogen-bond donors (Lipinski definition) is 2. The molecule has 0 saturated heterocycles. The molecule has 2 N–H and O–H groups in total. The SMILES string of the molecule is Cc1ccc(CCS(=O)(=O)c2ccc(NC(=S)NC(=O)c3ccc(Cl)cc3Cl)cc2)cc1C. The molecular formula is C24H22Cl2N2O3S2. The highest BCUT2D eigenvalue weighted by Crippen LogP contribution is 2.21. The average Bonchev–Trinajstić information content (AvgIpc) is 2.75. The van der Waals surface area contributed by atoms with Gasteiger partial charge in [0.1, 0.15) is 0 Å². The second kappa shape index (κ2) is 10.7. The number of benzene rings is 3. The van der Waals surface area contributed by atoms with Gasteiger partial charge in [-0.2, -0.15) is 0 Å². The molecule has 0 heterocycles. The van der Waals surface area contributed by atoms with Gasteiger partial charge in [0.15, 0.2) is 14.9 Å². The van der Waals surface area contributed by atoms with E-state index in [1.165, 1.54) is 29.8 Å². The smallest absolute Gasteiger partial charge is 0.258 e. The highest BCUT2D eigenvalue weighted by Gasteiger charge is 2.16. The maximum absolute atomic E-state index is 12.7. The molecule has 0 aromatic heterocycles. The van der Waals surface area contributed by atoms with Crippen LogP contribution >= 0.6 is 35.4 Å². The number of nitrogens with one attached hydrogen (secondary N) is 2. The number of sulfone groups is 1. The number of carbonyl (C=O) groups excluding carboxylic acids is 1. The lowest BCUT2D eigenvalue weighted by Crippen LogP contribution is -2.34. The quantitative estimate of drug-likeness (QED) is 0.404. The summed E-state index contributed by atoms with van der Waals surface area (Å²) in [5.41, 5.74) is 4.07. The molecule has 0 bridgehead atoms. The van der Waals surface area contributed by atoms with Crippen LogP contribution in [0.15, 0.2) is 65.6 Å². The van der Waals surface area contributed by atoms with Gasteiger partial charge in [-0.3, -0.25) is 10.1 Å². The topological polar surface area (TPSA) is 75.3 Å². The Morgan fingerprint density at radius 1 is 0.939 bits per heavy atom. The van der Waals surface area contributed by atoms with Gasteiger partial charge in [0.2, 0.25) is 0 Å². The van der Waals surface area contributed by atoms with Crippen molar-refractivity contribution in [1.82, 2.24) is 5.32 Å². The second-order valence-corrected chi connectivity index (χ2v) is 10.9. The van der Waals surface area contributed by atoms with E-state index in [9.17, 15) is 13.2 Å². The number of halogens is 2. The summed E-state index contributed by atoms with van der Waals surface area (Å²) in [5.74, 6) is -0.474. The molecule has 9 heteroatoms. The van der Waals surface area contributed by atoms with E-state index in [0.717, 1.165) is 11.1 Å². The maximum atomic E-state index is 12.7. The van der Waals surface area contributed by atoms with Crippen molar-refractivity contribution < 1.29 is 13.2 Å². The summed E-state index contributed by atoms with van der Waals surface area (Å²) in [7, 11) is -3.45. The van der Waals surface area contributed by atoms with Gasteiger partial charge in [-0.05, 0) is 91.6 Å². The van der Waals surface area contributed by atoms with E-state index in [1.54, 1.807) is 18.2 Å². The summed E-state index contributed by atoms with van der Waals surface area (Å²) in [6.07, 6.45) is 0.437. The van der Waals surface area contributed by atoms with Gasteiger partial charge in [0, 0.05) is 10.7 Å².